The Morgan fingerprint density at radius 3 is 1.91 bits per heavy atom. The number of carbonyl (C=O) groups excluding carboxylic acids is 1. The number of hydrogen-bond acceptors (Lipinski definition) is 8. The summed E-state index contributed by atoms with van der Waals surface area (Å²) < 4.78 is 14.2. The SMILES string of the molecule is CNc1ccc2c(-c3ccc(C(=O)NCc4ccc(-c5c6ccc(=O)cc-6oc6cc(O)ccc56)c(C(=O)O)c4)cc3C(=O)O)c3ccc(=[N+](C)C)cc-3oc2c1. The summed E-state index contributed by atoms with van der Waals surface area (Å²) in [7, 11) is 5.63. The number of carboxylic acid groups (broad SMARTS) is 2. The Hall–Kier alpha value is -7.73. The fraction of sp³-hybridized carbons (Fsp3) is 0.0889. The molecule has 0 unspecified atom stereocenters. The maximum absolute atomic E-state index is 13.6. The molecule has 4 aromatic carbocycles. The van der Waals surface area contributed by atoms with Crippen molar-refractivity contribution in [3.8, 4) is 50.7 Å². The molecule has 4 aromatic rings. The van der Waals surface area contributed by atoms with Gasteiger partial charge in [-0.05, 0) is 77.4 Å². The maximum atomic E-state index is 13.6. The second-order valence-corrected chi connectivity index (χ2v) is 13.8. The van der Waals surface area contributed by atoms with Gasteiger partial charge in [0.1, 0.15) is 42.5 Å². The molecule has 12 nitrogen and oxygen atoms in total. The molecule has 2 aliphatic heterocycles. The molecule has 5 N–H and O–H groups in total. The number of hydrogen-bond donors (Lipinski definition) is 5. The zero-order valence-corrected chi connectivity index (χ0v) is 30.8. The van der Waals surface area contributed by atoms with Crippen LogP contribution in [0.1, 0.15) is 36.6 Å². The van der Waals surface area contributed by atoms with Gasteiger partial charge < -0.3 is 34.8 Å². The molecule has 1 amide bonds. The lowest BCUT2D eigenvalue weighted by Gasteiger charge is -2.18. The Labute approximate surface area is 323 Å². The van der Waals surface area contributed by atoms with Gasteiger partial charge in [-0.1, -0.05) is 18.2 Å². The molecule has 0 bridgehead atoms. The van der Waals surface area contributed by atoms with Crippen molar-refractivity contribution in [2.45, 2.75) is 6.54 Å². The number of anilines is 1. The predicted octanol–water partition coefficient (Wildman–Crippen LogP) is 7.19. The lowest BCUT2D eigenvalue weighted by atomic mass is 9.89. The molecule has 0 saturated carbocycles. The monoisotopic (exact) mass is 760 g/mol. The summed E-state index contributed by atoms with van der Waals surface area (Å²) in [6, 6.07) is 29.3. The molecule has 12 heteroatoms. The van der Waals surface area contributed by atoms with E-state index in [1.807, 2.05) is 55.1 Å². The van der Waals surface area contributed by atoms with Crippen LogP contribution in [0.5, 0.6) is 5.75 Å². The number of nitrogens with one attached hydrogen (secondary N) is 2. The molecule has 2 aliphatic carbocycles. The van der Waals surface area contributed by atoms with Gasteiger partial charge in [0.25, 0.3) is 5.91 Å². The first-order chi connectivity index (χ1) is 27.4. The van der Waals surface area contributed by atoms with E-state index >= 15 is 0 Å². The summed E-state index contributed by atoms with van der Waals surface area (Å²) in [6.45, 7) is -0.0694. The molecule has 282 valence electrons. The van der Waals surface area contributed by atoms with Gasteiger partial charge >= 0.3 is 11.9 Å². The summed E-state index contributed by atoms with van der Waals surface area (Å²) in [6.07, 6.45) is 0. The molecule has 0 atom stereocenters. The molecule has 0 saturated heterocycles. The van der Waals surface area contributed by atoms with Crippen molar-refractivity contribution < 1.29 is 38.5 Å². The van der Waals surface area contributed by atoms with E-state index in [2.05, 4.69) is 10.6 Å². The summed E-state index contributed by atoms with van der Waals surface area (Å²) in [4.78, 5) is 51.3. The third-order valence-electron chi connectivity index (χ3n) is 10.0. The van der Waals surface area contributed by atoms with Crippen LogP contribution in [0, 0.1) is 0 Å². The zero-order chi connectivity index (χ0) is 40.1. The minimum atomic E-state index is -1.23. The number of phenols is 1. The van der Waals surface area contributed by atoms with Crippen LogP contribution >= 0.6 is 0 Å². The number of amides is 1. The molecular formula is C45H34N3O9+. The predicted molar refractivity (Wildman–Crippen MR) is 216 cm³/mol. The van der Waals surface area contributed by atoms with Crippen molar-refractivity contribution in [1.82, 2.24) is 9.89 Å². The van der Waals surface area contributed by atoms with E-state index in [0.29, 0.717) is 61.1 Å². The standard InChI is InChI=1S/C45H33N3O9/c1-46-25-6-12-31-37(18-25)56-38-19-26(48(2)3)7-13-32(38)42(31)30-11-5-24(17-36(30)45(54)55)43(51)47-22-23-4-10-29(35(16-23)44(52)53)41-33-14-8-27(49)20-39(33)57-40-21-28(50)9-15-34(40)41/h4-21H,22H2,1-3H3,(H4,47,49,50,51,52,53,54,55)/p+1. The molecule has 2 heterocycles. The lowest BCUT2D eigenvalue weighted by Crippen LogP contribution is -2.23. The van der Waals surface area contributed by atoms with E-state index in [1.54, 1.807) is 43.4 Å². The Balaban J connectivity index is 1.15. The van der Waals surface area contributed by atoms with Crippen LogP contribution < -0.4 is 26.0 Å². The van der Waals surface area contributed by atoms with Gasteiger partial charge in [-0.25, -0.2) is 14.2 Å². The fourth-order valence-corrected chi connectivity index (χ4v) is 7.21. The first kappa shape index (κ1) is 36.3. The minimum absolute atomic E-state index is 0.0653. The second kappa shape index (κ2) is 14.2. The molecule has 4 aliphatic rings. The van der Waals surface area contributed by atoms with Gasteiger partial charge in [0.15, 0.2) is 5.43 Å². The summed E-state index contributed by atoms with van der Waals surface area (Å²) in [5, 5.41) is 39.0. The molecule has 0 fully saturated rings. The van der Waals surface area contributed by atoms with Crippen LogP contribution in [0.25, 0.3) is 66.8 Å². The number of carbonyl (C=O) groups is 3. The number of nitrogens with zero attached hydrogens (tertiary/aromatic N) is 1. The summed E-state index contributed by atoms with van der Waals surface area (Å²) in [5.74, 6) is -2.30. The third-order valence-corrected chi connectivity index (χ3v) is 10.0. The molecule has 8 rings (SSSR count). The Kier molecular flexibility index (Phi) is 9.01. The largest absolute Gasteiger partial charge is 0.508 e. The van der Waals surface area contributed by atoms with E-state index in [4.69, 9.17) is 8.83 Å². The van der Waals surface area contributed by atoms with Gasteiger partial charge in [0, 0.05) is 82.1 Å². The Bertz CT molecular complexity index is 3050. The Morgan fingerprint density at radius 2 is 1.25 bits per heavy atom. The molecule has 0 spiro atoms. The number of benzene rings is 6. The van der Waals surface area contributed by atoms with Gasteiger partial charge in [-0.3, -0.25) is 9.59 Å². The molecular weight excluding hydrogens is 727 g/mol. The first-order valence-corrected chi connectivity index (χ1v) is 17.8. The maximum Gasteiger partial charge on any atom is 0.336 e. The number of phenolic OH excluding ortho intramolecular Hbond substituents is 1. The third kappa shape index (κ3) is 6.59. The number of carboxylic acids is 2. The van der Waals surface area contributed by atoms with Crippen molar-refractivity contribution in [3.63, 3.8) is 0 Å². The van der Waals surface area contributed by atoms with E-state index in [-0.39, 0.29) is 45.8 Å². The van der Waals surface area contributed by atoms with Crippen LogP contribution in [0.3, 0.4) is 0 Å². The van der Waals surface area contributed by atoms with E-state index in [9.17, 15) is 34.5 Å². The van der Waals surface area contributed by atoms with Crippen LogP contribution in [-0.2, 0) is 6.54 Å². The number of aromatic hydroxyl groups is 1. The number of fused-ring (bicyclic) bond motifs is 4. The minimum Gasteiger partial charge on any atom is -0.508 e. The van der Waals surface area contributed by atoms with E-state index in [1.165, 1.54) is 36.4 Å². The van der Waals surface area contributed by atoms with Crippen LogP contribution in [0.2, 0.25) is 0 Å². The lowest BCUT2D eigenvalue weighted by molar-refractivity contribution is 0.0686. The summed E-state index contributed by atoms with van der Waals surface area (Å²) in [5.41, 5.74) is 4.80. The summed E-state index contributed by atoms with van der Waals surface area (Å²) >= 11 is 0. The first-order valence-electron chi connectivity index (χ1n) is 17.8. The highest BCUT2D eigenvalue weighted by Crippen LogP contribution is 2.43. The topological polar surface area (TPSA) is 182 Å². The number of rotatable bonds is 8. The van der Waals surface area contributed by atoms with Gasteiger partial charge in [-0.2, -0.15) is 0 Å². The van der Waals surface area contributed by atoms with Crippen molar-refractivity contribution in [2.24, 2.45) is 0 Å². The quantitative estimate of drug-likeness (QED) is 0.0786. The second-order valence-electron chi connectivity index (χ2n) is 13.8. The van der Waals surface area contributed by atoms with Gasteiger partial charge in [-0.15, -0.1) is 0 Å². The van der Waals surface area contributed by atoms with Crippen LogP contribution in [0.4, 0.5) is 5.69 Å². The highest BCUT2D eigenvalue weighted by molar-refractivity contribution is 6.10. The fourth-order valence-electron chi connectivity index (χ4n) is 7.21. The van der Waals surface area contributed by atoms with Crippen molar-refractivity contribution >= 4 is 45.5 Å². The smallest absolute Gasteiger partial charge is 0.336 e. The highest BCUT2D eigenvalue weighted by atomic mass is 16.4. The van der Waals surface area contributed by atoms with Crippen LogP contribution in [-0.4, -0.2) is 54.3 Å². The molecule has 57 heavy (non-hydrogen) atoms. The van der Waals surface area contributed by atoms with Crippen LogP contribution in [0.15, 0.2) is 123 Å². The van der Waals surface area contributed by atoms with Crippen molar-refractivity contribution in [2.75, 3.05) is 26.5 Å². The number of aromatic carboxylic acids is 2. The van der Waals surface area contributed by atoms with E-state index < -0.39 is 17.8 Å². The zero-order valence-electron chi connectivity index (χ0n) is 30.8. The van der Waals surface area contributed by atoms with E-state index in [0.717, 1.165) is 11.0 Å². The normalized spacial score (nSPS) is 11.3. The average Bonchev–Trinajstić information content (AvgIpc) is 3.20. The highest BCUT2D eigenvalue weighted by Gasteiger charge is 2.25. The molecule has 0 aromatic heterocycles. The van der Waals surface area contributed by atoms with Crippen molar-refractivity contribution in [1.29, 1.82) is 0 Å². The Morgan fingerprint density at radius 1 is 0.649 bits per heavy atom. The van der Waals surface area contributed by atoms with Crippen molar-refractivity contribution in [3.05, 3.63) is 147 Å². The average molecular weight is 761 g/mol. The van der Waals surface area contributed by atoms with Gasteiger partial charge in [0.05, 0.1) is 17.2 Å². The van der Waals surface area contributed by atoms with Gasteiger partial charge in [0.2, 0.25) is 5.36 Å². The molecule has 0 radical (unpaired) electrons.